The van der Waals surface area contributed by atoms with Crippen molar-refractivity contribution in [1.82, 2.24) is 0 Å². The molecule has 2 nitrogen and oxygen atoms in total. The van der Waals surface area contributed by atoms with Crippen molar-refractivity contribution in [2.24, 2.45) is 5.92 Å². The Balaban J connectivity index is 1.76. The number of rotatable bonds is 4. The van der Waals surface area contributed by atoms with Crippen LogP contribution in [-0.4, -0.2) is 6.54 Å². The van der Waals surface area contributed by atoms with Gasteiger partial charge in [-0.3, -0.25) is 0 Å². The number of anilines is 2. The van der Waals surface area contributed by atoms with Crippen LogP contribution in [-0.2, 0) is 0 Å². The Morgan fingerprint density at radius 2 is 2.00 bits per heavy atom. The second-order valence-electron chi connectivity index (χ2n) is 3.77. The van der Waals surface area contributed by atoms with Crippen molar-refractivity contribution >= 4 is 11.4 Å². The lowest BCUT2D eigenvalue weighted by molar-refractivity contribution is 1.11. The molecule has 3 N–H and O–H groups in total. The summed E-state index contributed by atoms with van der Waals surface area (Å²) in [5.41, 5.74) is 7.52. The van der Waals surface area contributed by atoms with Crippen molar-refractivity contribution in [2.45, 2.75) is 12.8 Å². The van der Waals surface area contributed by atoms with Gasteiger partial charge in [0, 0.05) is 17.9 Å². The molecule has 1 aliphatic rings. The molecular formula is C12H16N2. The third-order valence-electron chi connectivity index (χ3n) is 2.36. The normalized spacial score (nSPS) is 16.0. The van der Waals surface area contributed by atoms with Crippen LogP contribution in [0.1, 0.15) is 12.8 Å². The maximum absolute atomic E-state index is 5.59. The molecule has 0 unspecified atom stereocenters. The van der Waals surface area contributed by atoms with E-state index >= 15 is 0 Å². The molecular weight excluding hydrogens is 172 g/mol. The van der Waals surface area contributed by atoms with E-state index in [0.29, 0.717) is 0 Å². The van der Waals surface area contributed by atoms with Gasteiger partial charge in [-0.15, -0.1) is 0 Å². The smallest absolute Gasteiger partial charge is 0.0344 e. The molecule has 14 heavy (non-hydrogen) atoms. The summed E-state index contributed by atoms with van der Waals surface area (Å²) in [5, 5.41) is 3.31. The molecule has 1 fully saturated rings. The summed E-state index contributed by atoms with van der Waals surface area (Å²) in [5.74, 6) is 0.864. The minimum absolute atomic E-state index is 0.809. The molecule has 1 aliphatic carbocycles. The Morgan fingerprint density at radius 1 is 1.29 bits per heavy atom. The summed E-state index contributed by atoms with van der Waals surface area (Å²) >= 11 is 0. The van der Waals surface area contributed by atoms with Crippen LogP contribution in [0.2, 0.25) is 0 Å². The Kier molecular flexibility index (Phi) is 2.73. The van der Waals surface area contributed by atoms with Crippen molar-refractivity contribution in [2.75, 3.05) is 17.6 Å². The average molecular weight is 188 g/mol. The van der Waals surface area contributed by atoms with Gasteiger partial charge in [-0.25, -0.2) is 0 Å². The van der Waals surface area contributed by atoms with Crippen LogP contribution in [0.15, 0.2) is 36.4 Å². The Morgan fingerprint density at radius 3 is 2.64 bits per heavy atom. The molecule has 2 rings (SSSR count). The average Bonchev–Trinajstić information content (AvgIpc) is 2.99. The van der Waals surface area contributed by atoms with Crippen LogP contribution < -0.4 is 11.1 Å². The zero-order valence-electron chi connectivity index (χ0n) is 8.24. The molecule has 0 aliphatic heterocycles. The van der Waals surface area contributed by atoms with Gasteiger partial charge in [0.1, 0.15) is 0 Å². The monoisotopic (exact) mass is 188 g/mol. The predicted molar refractivity (Wildman–Crippen MR) is 61.2 cm³/mol. The number of hydrogen-bond acceptors (Lipinski definition) is 2. The Hall–Kier alpha value is -1.44. The number of allylic oxidation sites excluding steroid dienone is 1. The lowest BCUT2D eigenvalue weighted by Crippen LogP contribution is -1.98. The first-order valence-corrected chi connectivity index (χ1v) is 5.11. The van der Waals surface area contributed by atoms with E-state index in [9.17, 15) is 0 Å². The fraction of sp³-hybridized carbons (Fsp3) is 0.333. The van der Waals surface area contributed by atoms with Crippen LogP contribution in [0.25, 0.3) is 0 Å². The van der Waals surface area contributed by atoms with Gasteiger partial charge in [-0.05, 0) is 43.0 Å². The van der Waals surface area contributed by atoms with E-state index in [2.05, 4.69) is 17.5 Å². The second-order valence-corrected chi connectivity index (χ2v) is 3.77. The maximum atomic E-state index is 5.59. The SMILES string of the molecule is Nc1ccc(NC/C=C/C2CC2)cc1. The second kappa shape index (κ2) is 4.18. The Labute approximate surface area is 84.8 Å². The van der Waals surface area contributed by atoms with Crippen molar-refractivity contribution in [3.05, 3.63) is 36.4 Å². The van der Waals surface area contributed by atoms with Crippen LogP contribution in [0, 0.1) is 5.92 Å². The zero-order valence-corrected chi connectivity index (χ0v) is 8.24. The highest BCUT2D eigenvalue weighted by Crippen LogP contribution is 2.29. The number of benzene rings is 1. The summed E-state index contributed by atoms with van der Waals surface area (Å²) in [6, 6.07) is 7.82. The van der Waals surface area contributed by atoms with Crippen LogP contribution >= 0.6 is 0 Å². The maximum Gasteiger partial charge on any atom is 0.0344 e. The standard InChI is InChI=1S/C12H16N2/c13-11-5-7-12(8-6-11)14-9-1-2-10-3-4-10/h1-2,5-8,10,14H,3-4,9,13H2/b2-1+. The molecule has 1 saturated carbocycles. The largest absolute Gasteiger partial charge is 0.399 e. The minimum atomic E-state index is 0.809. The Bertz CT molecular complexity index is 310. The highest BCUT2D eigenvalue weighted by Gasteiger charge is 2.16. The lowest BCUT2D eigenvalue weighted by atomic mass is 10.3. The lowest BCUT2D eigenvalue weighted by Gasteiger charge is -2.02. The van der Waals surface area contributed by atoms with E-state index in [1.54, 1.807) is 0 Å². The van der Waals surface area contributed by atoms with Gasteiger partial charge in [-0.1, -0.05) is 12.2 Å². The van der Waals surface area contributed by atoms with E-state index in [-0.39, 0.29) is 0 Å². The molecule has 1 aromatic rings. The van der Waals surface area contributed by atoms with Gasteiger partial charge < -0.3 is 11.1 Å². The number of nitrogens with two attached hydrogens (primary N) is 1. The number of hydrogen-bond donors (Lipinski definition) is 2. The molecule has 0 aromatic heterocycles. The molecule has 74 valence electrons. The molecule has 0 saturated heterocycles. The first-order chi connectivity index (χ1) is 6.84. The summed E-state index contributed by atoms with van der Waals surface area (Å²) in [7, 11) is 0. The van der Waals surface area contributed by atoms with E-state index in [4.69, 9.17) is 5.73 Å². The number of nitrogens with one attached hydrogen (secondary N) is 1. The molecule has 0 spiro atoms. The number of nitrogen functional groups attached to an aromatic ring is 1. The van der Waals surface area contributed by atoms with Crippen molar-refractivity contribution < 1.29 is 0 Å². The molecule has 0 amide bonds. The molecule has 0 atom stereocenters. The summed E-state index contributed by atoms with van der Waals surface area (Å²) in [6.07, 6.45) is 7.25. The third kappa shape index (κ3) is 2.80. The predicted octanol–water partition coefficient (Wildman–Crippen LogP) is 2.65. The van der Waals surface area contributed by atoms with Crippen LogP contribution in [0.3, 0.4) is 0 Å². The van der Waals surface area contributed by atoms with E-state index in [1.165, 1.54) is 12.8 Å². The zero-order chi connectivity index (χ0) is 9.80. The van der Waals surface area contributed by atoms with Gasteiger partial charge in [0.05, 0.1) is 0 Å². The highest BCUT2D eigenvalue weighted by molar-refractivity contribution is 5.51. The summed E-state index contributed by atoms with van der Waals surface area (Å²) < 4.78 is 0. The van der Waals surface area contributed by atoms with Crippen molar-refractivity contribution in [1.29, 1.82) is 0 Å². The fourth-order valence-electron chi connectivity index (χ4n) is 1.33. The van der Waals surface area contributed by atoms with Gasteiger partial charge in [0.15, 0.2) is 0 Å². The van der Waals surface area contributed by atoms with Gasteiger partial charge in [-0.2, -0.15) is 0 Å². The van der Waals surface area contributed by atoms with Gasteiger partial charge in [0.2, 0.25) is 0 Å². The van der Waals surface area contributed by atoms with E-state index in [0.717, 1.165) is 23.8 Å². The summed E-state index contributed by atoms with van der Waals surface area (Å²) in [6.45, 7) is 0.903. The fourth-order valence-corrected chi connectivity index (χ4v) is 1.33. The summed E-state index contributed by atoms with van der Waals surface area (Å²) in [4.78, 5) is 0. The van der Waals surface area contributed by atoms with E-state index in [1.807, 2.05) is 24.3 Å². The first kappa shape index (κ1) is 9.13. The minimum Gasteiger partial charge on any atom is -0.399 e. The first-order valence-electron chi connectivity index (χ1n) is 5.11. The van der Waals surface area contributed by atoms with Gasteiger partial charge >= 0.3 is 0 Å². The van der Waals surface area contributed by atoms with Crippen LogP contribution in [0.4, 0.5) is 11.4 Å². The van der Waals surface area contributed by atoms with Crippen molar-refractivity contribution in [3.8, 4) is 0 Å². The molecule has 1 aromatic carbocycles. The topological polar surface area (TPSA) is 38.0 Å². The van der Waals surface area contributed by atoms with E-state index < -0.39 is 0 Å². The molecule has 0 radical (unpaired) electrons. The van der Waals surface area contributed by atoms with Gasteiger partial charge in [0.25, 0.3) is 0 Å². The molecule has 0 bridgehead atoms. The highest BCUT2D eigenvalue weighted by atomic mass is 14.9. The van der Waals surface area contributed by atoms with Crippen LogP contribution in [0.5, 0.6) is 0 Å². The molecule has 0 heterocycles. The molecule has 2 heteroatoms. The quantitative estimate of drug-likeness (QED) is 0.563. The third-order valence-corrected chi connectivity index (χ3v) is 2.36. The van der Waals surface area contributed by atoms with Crippen molar-refractivity contribution in [3.63, 3.8) is 0 Å².